The summed E-state index contributed by atoms with van der Waals surface area (Å²) >= 11 is 1.71. The van der Waals surface area contributed by atoms with Gasteiger partial charge in [0.1, 0.15) is 10.7 Å². The van der Waals surface area contributed by atoms with Crippen LogP contribution in [0.5, 0.6) is 0 Å². The first-order chi connectivity index (χ1) is 9.52. The number of hydrogen-bond acceptors (Lipinski definition) is 5. The lowest BCUT2D eigenvalue weighted by molar-refractivity contribution is 0.559. The smallest absolute Gasteiger partial charge is 0.144 e. The van der Waals surface area contributed by atoms with E-state index in [1.807, 2.05) is 0 Å². The van der Waals surface area contributed by atoms with Gasteiger partial charge in [0.25, 0.3) is 0 Å². The van der Waals surface area contributed by atoms with Gasteiger partial charge < -0.3 is 5.32 Å². The van der Waals surface area contributed by atoms with Crippen LogP contribution in [0.25, 0.3) is 10.7 Å². The van der Waals surface area contributed by atoms with Gasteiger partial charge in [0.15, 0.2) is 0 Å². The average Bonchev–Trinajstić information content (AvgIpc) is 2.84. The van der Waals surface area contributed by atoms with Crippen LogP contribution in [0.2, 0.25) is 0 Å². The zero-order chi connectivity index (χ0) is 14.6. The standard InChI is InChI=1S/C15H22N4S/c1-5-6-16-10-12-13(15(2,3)4)19-14(20-12)11-9-17-7-8-18-11/h7-9,16H,5-6,10H2,1-4H3. The van der Waals surface area contributed by atoms with Crippen molar-refractivity contribution < 1.29 is 0 Å². The highest BCUT2D eigenvalue weighted by Crippen LogP contribution is 2.33. The third-order valence-electron chi connectivity index (χ3n) is 2.90. The molecule has 0 saturated carbocycles. The van der Waals surface area contributed by atoms with Crippen molar-refractivity contribution in [2.75, 3.05) is 6.54 Å². The van der Waals surface area contributed by atoms with Gasteiger partial charge in [-0.05, 0) is 13.0 Å². The normalized spacial score (nSPS) is 11.8. The monoisotopic (exact) mass is 290 g/mol. The average molecular weight is 290 g/mol. The first-order valence-electron chi connectivity index (χ1n) is 6.99. The van der Waals surface area contributed by atoms with Crippen LogP contribution in [-0.4, -0.2) is 21.5 Å². The Balaban J connectivity index is 2.32. The molecule has 2 heterocycles. The Bertz CT molecular complexity index is 543. The summed E-state index contributed by atoms with van der Waals surface area (Å²) in [4.78, 5) is 14.6. The molecule has 0 aliphatic rings. The molecule has 20 heavy (non-hydrogen) atoms. The Morgan fingerprint density at radius 2 is 2.05 bits per heavy atom. The van der Waals surface area contributed by atoms with Gasteiger partial charge in [0.2, 0.25) is 0 Å². The van der Waals surface area contributed by atoms with E-state index in [1.165, 1.54) is 4.88 Å². The first kappa shape index (κ1) is 15.1. The molecular formula is C15H22N4S. The Kier molecular flexibility index (Phi) is 4.83. The molecule has 2 aromatic heterocycles. The molecule has 0 aliphatic carbocycles. The van der Waals surface area contributed by atoms with Crippen LogP contribution in [0, 0.1) is 0 Å². The van der Waals surface area contributed by atoms with Crippen molar-refractivity contribution in [2.24, 2.45) is 0 Å². The van der Waals surface area contributed by atoms with Crippen molar-refractivity contribution in [1.82, 2.24) is 20.3 Å². The number of hydrogen-bond donors (Lipinski definition) is 1. The van der Waals surface area contributed by atoms with E-state index in [4.69, 9.17) is 4.98 Å². The molecule has 0 atom stereocenters. The summed E-state index contributed by atoms with van der Waals surface area (Å²) in [6, 6.07) is 0. The molecule has 5 heteroatoms. The molecule has 108 valence electrons. The predicted molar refractivity (Wildman–Crippen MR) is 83.8 cm³/mol. The summed E-state index contributed by atoms with van der Waals surface area (Å²) in [5.74, 6) is 0. The van der Waals surface area contributed by atoms with Gasteiger partial charge in [-0.25, -0.2) is 4.98 Å². The molecule has 1 N–H and O–H groups in total. The fourth-order valence-corrected chi connectivity index (χ4v) is 3.16. The predicted octanol–water partition coefficient (Wildman–Crippen LogP) is 3.40. The van der Waals surface area contributed by atoms with Crippen LogP contribution in [0.3, 0.4) is 0 Å². The van der Waals surface area contributed by atoms with E-state index in [0.717, 1.165) is 35.9 Å². The Hall–Kier alpha value is -1.33. The lowest BCUT2D eigenvalue weighted by Gasteiger charge is -2.17. The first-order valence-corrected chi connectivity index (χ1v) is 7.81. The molecule has 4 nitrogen and oxygen atoms in total. The lowest BCUT2D eigenvalue weighted by Crippen LogP contribution is -2.19. The van der Waals surface area contributed by atoms with Crippen LogP contribution >= 0.6 is 11.3 Å². The van der Waals surface area contributed by atoms with E-state index in [9.17, 15) is 0 Å². The highest BCUT2D eigenvalue weighted by Gasteiger charge is 2.23. The largest absolute Gasteiger partial charge is 0.312 e. The Labute approximate surface area is 124 Å². The molecule has 0 unspecified atom stereocenters. The van der Waals surface area contributed by atoms with Crippen molar-refractivity contribution in [3.63, 3.8) is 0 Å². The molecule has 0 aromatic carbocycles. The minimum Gasteiger partial charge on any atom is -0.312 e. The van der Waals surface area contributed by atoms with Crippen molar-refractivity contribution in [2.45, 2.75) is 46.1 Å². The number of rotatable bonds is 5. The molecular weight excluding hydrogens is 268 g/mol. The second-order valence-electron chi connectivity index (χ2n) is 5.81. The fraction of sp³-hybridized carbons (Fsp3) is 0.533. The third kappa shape index (κ3) is 3.61. The van der Waals surface area contributed by atoms with E-state index in [0.29, 0.717) is 0 Å². The summed E-state index contributed by atoms with van der Waals surface area (Å²) in [5.41, 5.74) is 2.05. The van der Waals surface area contributed by atoms with Crippen LogP contribution in [-0.2, 0) is 12.0 Å². The lowest BCUT2D eigenvalue weighted by atomic mass is 9.91. The van der Waals surface area contributed by atoms with Crippen LogP contribution < -0.4 is 5.32 Å². The maximum absolute atomic E-state index is 4.81. The van der Waals surface area contributed by atoms with Gasteiger partial charge in [-0.3, -0.25) is 9.97 Å². The Morgan fingerprint density at radius 1 is 1.25 bits per heavy atom. The van der Waals surface area contributed by atoms with E-state index >= 15 is 0 Å². The summed E-state index contributed by atoms with van der Waals surface area (Å²) < 4.78 is 0. The molecule has 0 amide bonds. The zero-order valence-electron chi connectivity index (χ0n) is 12.6. The fourth-order valence-electron chi connectivity index (χ4n) is 1.96. The summed E-state index contributed by atoms with van der Waals surface area (Å²) in [6.07, 6.45) is 6.31. The summed E-state index contributed by atoms with van der Waals surface area (Å²) in [5, 5.41) is 4.42. The van der Waals surface area contributed by atoms with Crippen molar-refractivity contribution in [3.05, 3.63) is 29.2 Å². The quantitative estimate of drug-likeness (QED) is 0.858. The molecule has 2 aromatic rings. The maximum atomic E-state index is 4.81. The van der Waals surface area contributed by atoms with Crippen molar-refractivity contribution >= 4 is 11.3 Å². The van der Waals surface area contributed by atoms with Gasteiger partial charge >= 0.3 is 0 Å². The molecule has 0 fully saturated rings. The second kappa shape index (κ2) is 6.41. The van der Waals surface area contributed by atoms with Gasteiger partial charge in [-0.1, -0.05) is 27.7 Å². The van der Waals surface area contributed by atoms with Crippen molar-refractivity contribution in [1.29, 1.82) is 0 Å². The topological polar surface area (TPSA) is 50.7 Å². The Morgan fingerprint density at radius 3 is 2.65 bits per heavy atom. The maximum Gasteiger partial charge on any atom is 0.144 e. The number of nitrogens with zero attached hydrogens (tertiary/aromatic N) is 3. The second-order valence-corrected chi connectivity index (χ2v) is 6.89. The highest BCUT2D eigenvalue weighted by molar-refractivity contribution is 7.15. The summed E-state index contributed by atoms with van der Waals surface area (Å²) in [7, 11) is 0. The molecule has 0 bridgehead atoms. The van der Waals surface area contributed by atoms with E-state index in [2.05, 4.69) is 43.0 Å². The van der Waals surface area contributed by atoms with Gasteiger partial charge in [0, 0.05) is 29.2 Å². The van der Waals surface area contributed by atoms with Crippen LogP contribution in [0.1, 0.15) is 44.7 Å². The van der Waals surface area contributed by atoms with E-state index in [-0.39, 0.29) is 5.41 Å². The van der Waals surface area contributed by atoms with Gasteiger partial charge in [-0.2, -0.15) is 0 Å². The molecule has 0 radical (unpaired) electrons. The van der Waals surface area contributed by atoms with Gasteiger partial charge in [0.05, 0.1) is 11.9 Å². The van der Waals surface area contributed by atoms with Gasteiger partial charge in [-0.15, -0.1) is 11.3 Å². The number of thiazole rings is 1. The molecule has 0 aliphatic heterocycles. The van der Waals surface area contributed by atoms with Crippen molar-refractivity contribution in [3.8, 4) is 10.7 Å². The zero-order valence-corrected chi connectivity index (χ0v) is 13.4. The summed E-state index contributed by atoms with van der Waals surface area (Å²) in [6.45, 7) is 10.7. The minimum absolute atomic E-state index is 0.0419. The molecule has 0 saturated heterocycles. The van der Waals surface area contributed by atoms with Crippen LogP contribution in [0.4, 0.5) is 0 Å². The van der Waals surface area contributed by atoms with E-state index in [1.54, 1.807) is 29.9 Å². The molecule has 0 spiro atoms. The minimum atomic E-state index is 0.0419. The number of nitrogens with one attached hydrogen (secondary N) is 1. The molecule has 2 rings (SSSR count). The van der Waals surface area contributed by atoms with Crippen LogP contribution in [0.15, 0.2) is 18.6 Å². The number of aromatic nitrogens is 3. The third-order valence-corrected chi connectivity index (χ3v) is 3.98. The SMILES string of the molecule is CCCNCc1sc(-c2cnccn2)nc1C(C)(C)C. The highest BCUT2D eigenvalue weighted by atomic mass is 32.1. The van der Waals surface area contributed by atoms with E-state index < -0.39 is 0 Å².